The fourth-order valence-electron chi connectivity index (χ4n) is 5.21. The van der Waals surface area contributed by atoms with Crippen LogP contribution >= 0.6 is 0 Å². The first kappa shape index (κ1) is 16.1. The molecule has 0 aromatic rings. The Morgan fingerprint density at radius 1 is 1.21 bits per heavy atom. The van der Waals surface area contributed by atoms with Gasteiger partial charge in [0, 0.05) is 31.5 Å². The van der Waals surface area contributed by atoms with E-state index in [1.54, 1.807) is 0 Å². The summed E-state index contributed by atoms with van der Waals surface area (Å²) in [6, 6.07) is -0.0811. The molecule has 2 amide bonds. The first-order chi connectivity index (χ1) is 11.3. The van der Waals surface area contributed by atoms with Crippen LogP contribution in [0.1, 0.15) is 46.0 Å². The molecule has 2 saturated heterocycles. The van der Waals surface area contributed by atoms with Crippen molar-refractivity contribution in [2.24, 2.45) is 5.41 Å². The molecule has 134 valence electrons. The maximum absolute atomic E-state index is 12.7. The number of carbonyl (C=O) groups excluding carboxylic acids is 1. The summed E-state index contributed by atoms with van der Waals surface area (Å²) in [5.41, 5.74) is -1.16. The molecule has 0 aromatic heterocycles. The Hall–Kier alpha value is -1.34. The predicted octanol–water partition coefficient (Wildman–Crippen LogP) is 1.36. The molecular weight excluding hydrogens is 312 g/mol. The standard InChI is InChI=1S/C17H26N2O5/c1-11-5-17(3-4-23-11)10-19(6-12(2)24-17)14(22)18-16-7-15(8-16,9-16)13(20)21/h11-12H,3-10H2,1-2H3,(H,18,22)(H,20,21). The molecule has 24 heavy (non-hydrogen) atoms. The largest absolute Gasteiger partial charge is 0.481 e. The van der Waals surface area contributed by atoms with Gasteiger partial charge in [-0.15, -0.1) is 0 Å². The first-order valence-electron chi connectivity index (χ1n) is 8.86. The summed E-state index contributed by atoms with van der Waals surface area (Å²) in [4.78, 5) is 25.8. The minimum absolute atomic E-state index is 0.00630. The third-order valence-electron chi connectivity index (χ3n) is 6.17. The lowest BCUT2D eigenvalue weighted by Crippen LogP contribution is -2.78. The number of ether oxygens (including phenoxy) is 2. The molecule has 5 fully saturated rings. The van der Waals surface area contributed by atoms with Crippen LogP contribution < -0.4 is 5.32 Å². The maximum atomic E-state index is 12.7. The highest BCUT2D eigenvalue weighted by Gasteiger charge is 2.72. The third kappa shape index (κ3) is 2.40. The zero-order valence-electron chi connectivity index (χ0n) is 14.3. The summed E-state index contributed by atoms with van der Waals surface area (Å²) >= 11 is 0. The van der Waals surface area contributed by atoms with Gasteiger partial charge in [-0.2, -0.15) is 0 Å². The number of morpholine rings is 1. The van der Waals surface area contributed by atoms with Gasteiger partial charge in [0.1, 0.15) is 0 Å². The minimum atomic E-state index is -0.728. The fourth-order valence-corrected chi connectivity index (χ4v) is 5.21. The van der Waals surface area contributed by atoms with E-state index in [1.807, 2.05) is 18.7 Å². The molecule has 1 spiro atoms. The quantitative estimate of drug-likeness (QED) is 0.794. The number of nitrogens with zero attached hydrogens (tertiary/aromatic N) is 1. The van der Waals surface area contributed by atoms with E-state index in [2.05, 4.69) is 5.32 Å². The summed E-state index contributed by atoms with van der Waals surface area (Å²) in [5, 5.41) is 12.3. The Bertz CT molecular complexity index is 556. The summed E-state index contributed by atoms with van der Waals surface area (Å²) in [6.07, 6.45) is 3.44. The Kier molecular flexibility index (Phi) is 3.42. The highest BCUT2D eigenvalue weighted by molar-refractivity contribution is 5.83. The number of hydrogen-bond donors (Lipinski definition) is 2. The van der Waals surface area contributed by atoms with E-state index in [9.17, 15) is 14.7 Å². The Balaban J connectivity index is 1.39. The summed E-state index contributed by atoms with van der Waals surface area (Å²) in [6.45, 7) is 5.86. The second kappa shape index (κ2) is 5.08. The van der Waals surface area contributed by atoms with Crippen molar-refractivity contribution in [2.75, 3.05) is 19.7 Å². The lowest BCUT2D eigenvalue weighted by molar-refractivity contribution is -0.200. The lowest BCUT2D eigenvalue weighted by atomic mass is 9.39. The van der Waals surface area contributed by atoms with E-state index in [4.69, 9.17) is 9.47 Å². The van der Waals surface area contributed by atoms with Gasteiger partial charge < -0.3 is 24.8 Å². The second-order valence-electron chi connectivity index (χ2n) is 8.45. The van der Waals surface area contributed by atoms with Gasteiger partial charge in [0.25, 0.3) is 0 Å². The number of rotatable bonds is 2. The Morgan fingerprint density at radius 3 is 2.54 bits per heavy atom. The monoisotopic (exact) mass is 338 g/mol. The Morgan fingerprint density at radius 2 is 1.92 bits per heavy atom. The van der Waals surface area contributed by atoms with Crippen molar-refractivity contribution in [1.82, 2.24) is 10.2 Å². The maximum Gasteiger partial charge on any atom is 0.318 e. The van der Waals surface area contributed by atoms with Crippen LogP contribution in [0, 0.1) is 5.41 Å². The van der Waals surface area contributed by atoms with Crippen LogP contribution in [0.25, 0.3) is 0 Å². The van der Waals surface area contributed by atoms with E-state index < -0.39 is 11.4 Å². The average molecular weight is 338 g/mol. The fraction of sp³-hybridized carbons (Fsp3) is 0.882. The van der Waals surface area contributed by atoms with E-state index in [-0.39, 0.29) is 29.4 Å². The molecule has 2 aliphatic heterocycles. The molecule has 2 N–H and O–H groups in total. The molecule has 7 nitrogen and oxygen atoms in total. The van der Waals surface area contributed by atoms with Gasteiger partial charge in [-0.05, 0) is 33.1 Å². The van der Waals surface area contributed by atoms with Crippen molar-refractivity contribution in [3.8, 4) is 0 Å². The second-order valence-corrected chi connectivity index (χ2v) is 8.45. The zero-order valence-corrected chi connectivity index (χ0v) is 14.3. The van der Waals surface area contributed by atoms with Gasteiger partial charge in [0.05, 0.1) is 29.8 Å². The molecule has 3 aliphatic carbocycles. The first-order valence-corrected chi connectivity index (χ1v) is 8.86. The van der Waals surface area contributed by atoms with Crippen LogP contribution in [0.15, 0.2) is 0 Å². The summed E-state index contributed by atoms with van der Waals surface area (Å²) in [7, 11) is 0. The van der Waals surface area contributed by atoms with Gasteiger partial charge in [-0.25, -0.2) is 4.79 Å². The number of hydrogen-bond acceptors (Lipinski definition) is 4. The van der Waals surface area contributed by atoms with Gasteiger partial charge in [0.15, 0.2) is 0 Å². The van der Waals surface area contributed by atoms with Crippen LogP contribution in [0.5, 0.6) is 0 Å². The van der Waals surface area contributed by atoms with E-state index in [0.29, 0.717) is 39.0 Å². The molecule has 5 rings (SSSR count). The molecule has 0 radical (unpaired) electrons. The molecule has 7 heteroatoms. The van der Waals surface area contributed by atoms with E-state index in [0.717, 1.165) is 12.8 Å². The van der Waals surface area contributed by atoms with Crippen molar-refractivity contribution >= 4 is 12.0 Å². The number of amides is 2. The van der Waals surface area contributed by atoms with Gasteiger partial charge in [0.2, 0.25) is 0 Å². The number of urea groups is 1. The normalized spacial score (nSPS) is 46.8. The molecule has 3 unspecified atom stereocenters. The SMILES string of the molecule is CC1CC2(CCO1)CN(C(=O)NC13CC(C(=O)O)(C1)C3)CC(C)O2. The molecule has 3 saturated carbocycles. The topological polar surface area (TPSA) is 88.1 Å². The third-order valence-corrected chi connectivity index (χ3v) is 6.17. The van der Waals surface area contributed by atoms with E-state index >= 15 is 0 Å². The predicted molar refractivity (Wildman–Crippen MR) is 84.7 cm³/mol. The number of aliphatic carboxylic acids is 1. The zero-order chi connectivity index (χ0) is 17.2. The summed E-state index contributed by atoms with van der Waals surface area (Å²) in [5.74, 6) is -0.728. The highest BCUT2D eigenvalue weighted by Crippen LogP contribution is 2.67. The molecule has 2 bridgehead atoms. The van der Waals surface area contributed by atoms with Crippen molar-refractivity contribution in [1.29, 1.82) is 0 Å². The van der Waals surface area contributed by atoms with Gasteiger partial charge in [-0.3, -0.25) is 4.79 Å². The molecule has 5 aliphatic rings. The average Bonchev–Trinajstić information content (AvgIpc) is 2.39. The van der Waals surface area contributed by atoms with Crippen molar-refractivity contribution in [3.63, 3.8) is 0 Å². The van der Waals surface area contributed by atoms with Crippen LogP contribution in [0.3, 0.4) is 0 Å². The minimum Gasteiger partial charge on any atom is -0.481 e. The van der Waals surface area contributed by atoms with E-state index in [1.165, 1.54) is 0 Å². The van der Waals surface area contributed by atoms with Crippen molar-refractivity contribution < 1.29 is 24.2 Å². The Labute approximate surface area is 141 Å². The molecule has 0 aromatic carbocycles. The molecular formula is C17H26N2O5. The smallest absolute Gasteiger partial charge is 0.318 e. The van der Waals surface area contributed by atoms with Crippen LogP contribution in [0.2, 0.25) is 0 Å². The summed E-state index contributed by atoms with van der Waals surface area (Å²) < 4.78 is 11.8. The van der Waals surface area contributed by atoms with Crippen LogP contribution in [0.4, 0.5) is 4.79 Å². The van der Waals surface area contributed by atoms with Gasteiger partial charge in [-0.1, -0.05) is 0 Å². The number of carboxylic acids is 1. The molecule has 2 heterocycles. The molecule has 3 atom stereocenters. The number of nitrogens with one attached hydrogen (secondary N) is 1. The van der Waals surface area contributed by atoms with Crippen molar-refractivity contribution in [3.05, 3.63) is 0 Å². The van der Waals surface area contributed by atoms with Crippen LogP contribution in [-0.4, -0.2) is 65.1 Å². The lowest BCUT2D eigenvalue weighted by Gasteiger charge is -2.68. The number of carboxylic acid groups (broad SMARTS) is 1. The van der Waals surface area contributed by atoms with Gasteiger partial charge >= 0.3 is 12.0 Å². The van der Waals surface area contributed by atoms with Crippen molar-refractivity contribution in [2.45, 2.75) is 69.3 Å². The van der Waals surface area contributed by atoms with Crippen LogP contribution in [-0.2, 0) is 14.3 Å². The highest BCUT2D eigenvalue weighted by atomic mass is 16.5. The number of carbonyl (C=O) groups is 2.